The molecule has 0 bridgehead atoms. The van der Waals surface area contributed by atoms with Crippen molar-refractivity contribution in [3.8, 4) is 0 Å². The second-order valence-electron chi connectivity index (χ2n) is 3.21. The van der Waals surface area contributed by atoms with Gasteiger partial charge in [0, 0.05) is 23.2 Å². The molecule has 0 fully saturated rings. The summed E-state index contributed by atoms with van der Waals surface area (Å²) in [6.07, 6.45) is 9.74. The molecule has 0 spiro atoms. The fraction of sp³-hybridized carbons (Fsp3) is 0. The molecule has 2 heterocycles. The summed E-state index contributed by atoms with van der Waals surface area (Å²) in [6, 6.07) is 4.08. The van der Waals surface area contributed by atoms with Gasteiger partial charge in [0.2, 0.25) is 0 Å². The molecule has 14 heavy (non-hydrogen) atoms. The predicted octanol–water partition coefficient (Wildman–Crippen LogP) is 0.515. The van der Waals surface area contributed by atoms with Crippen molar-refractivity contribution in [1.82, 2.24) is 5.43 Å². The highest BCUT2D eigenvalue weighted by Crippen LogP contribution is 2.10. The topological polar surface area (TPSA) is 36.4 Å². The van der Waals surface area contributed by atoms with E-state index in [-0.39, 0.29) is 0 Å². The van der Waals surface area contributed by atoms with Crippen LogP contribution >= 0.6 is 0 Å². The predicted molar refractivity (Wildman–Crippen MR) is 56.6 cm³/mol. The summed E-state index contributed by atoms with van der Waals surface area (Å²) in [6.45, 7) is 0. The van der Waals surface area contributed by atoms with Crippen LogP contribution in [0.3, 0.4) is 0 Å². The number of hydrogen-bond donors (Lipinski definition) is 2. The minimum Gasteiger partial charge on any atom is -0.307 e. The van der Waals surface area contributed by atoms with Gasteiger partial charge in [0.1, 0.15) is 0 Å². The van der Waals surface area contributed by atoms with Crippen LogP contribution in [0.15, 0.2) is 35.5 Å². The van der Waals surface area contributed by atoms with Gasteiger partial charge in [-0.25, -0.2) is 0 Å². The van der Waals surface area contributed by atoms with Crippen molar-refractivity contribution < 1.29 is 0 Å². The second kappa shape index (κ2) is 2.73. The van der Waals surface area contributed by atoms with E-state index in [0.29, 0.717) is 0 Å². The molecule has 3 nitrogen and oxygen atoms in total. The summed E-state index contributed by atoms with van der Waals surface area (Å²) in [4.78, 5) is 4.34. The van der Waals surface area contributed by atoms with Gasteiger partial charge in [-0.15, -0.1) is 0 Å². The maximum absolute atomic E-state index is 4.34. The van der Waals surface area contributed by atoms with Crippen molar-refractivity contribution in [2.75, 3.05) is 5.43 Å². The average Bonchev–Trinajstić information content (AvgIpc) is 2.55. The van der Waals surface area contributed by atoms with Crippen LogP contribution in [0.25, 0.3) is 12.3 Å². The highest BCUT2D eigenvalue weighted by atomic mass is 15.4. The third kappa shape index (κ3) is 0.956. The summed E-state index contributed by atoms with van der Waals surface area (Å²) in [5, 5.41) is 2.17. The number of nitrogens with zero attached hydrogens (tertiary/aromatic N) is 1. The van der Waals surface area contributed by atoms with Gasteiger partial charge in [-0.2, -0.15) is 0 Å². The van der Waals surface area contributed by atoms with E-state index < -0.39 is 0 Å². The molecule has 2 N–H and O–H groups in total. The Kier molecular flexibility index (Phi) is 1.44. The number of nitrogens with one attached hydrogen (secondary N) is 2. The molecule has 0 radical (unpaired) electrons. The van der Waals surface area contributed by atoms with Crippen molar-refractivity contribution in [1.29, 1.82) is 0 Å². The molecular weight excluding hydrogens is 174 g/mol. The van der Waals surface area contributed by atoms with E-state index in [1.807, 2.05) is 24.4 Å². The summed E-state index contributed by atoms with van der Waals surface area (Å²) in [5.41, 5.74) is 8.33. The van der Waals surface area contributed by atoms with Gasteiger partial charge < -0.3 is 10.9 Å². The van der Waals surface area contributed by atoms with Crippen LogP contribution in [0, 0.1) is 0 Å². The van der Waals surface area contributed by atoms with Gasteiger partial charge in [0.05, 0.1) is 11.0 Å². The number of hydrogen-bond acceptors (Lipinski definition) is 3. The maximum atomic E-state index is 4.34. The number of anilines is 1. The molecule has 1 aromatic rings. The Balaban J connectivity index is 2.42. The zero-order valence-electron chi connectivity index (χ0n) is 7.49. The lowest BCUT2D eigenvalue weighted by atomic mass is 10.1. The van der Waals surface area contributed by atoms with Crippen LogP contribution in [0.5, 0.6) is 0 Å². The van der Waals surface area contributed by atoms with Gasteiger partial charge in [0.15, 0.2) is 0 Å². The Morgan fingerprint density at radius 2 is 2.14 bits per heavy atom. The first-order chi connectivity index (χ1) is 6.95. The first-order valence-electron chi connectivity index (χ1n) is 4.51. The average molecular weight is 183 g/mol. The lowest BCUT2D eigenvalue weighted by Crippen LogP contribution is -2.16. The van der Waals surface area contributed by atoms with Crippen LogP contribution in [0.1, 0.15) is 5.56 Å². The highest BCUT2D eigenvalue weighted by molar-refractivity contribution is 5.71. The molecule has 2 aliphatic rings. The number of benzene rings is 1. The van der Waals surface area contributed by atoms with E-state index >= 15 is 0 Å². The summed E-state index contributed by atoms with van der Waals surface area (Å²) >= 11 is 0. The Labute approximate surface area is 81.1 Å². The van der Waals surface area contributed by atoms with E-state index in [1.165, 1.54) is 5.22 Å². The number of rotatable bonds is 0. The lowest BCUT2D eigenvalue weighted by Gasteiger charge is -2.02. The molecular formula is C11H9N3. The van der Waals surface area contributed by atoms with Crippen molar-refractivity contribution in [3.63, 3.8) is 0 Å². The van der Waals surface area contributed by atoms with Gasteiger partial charge in [-0.3, -0.25) is 4.99 Å². The Morgan fingerprint density at radius 1 is 1.14 bits per heavy atom. The standard InChI is InChI=1S/C11H9N3/c1-2-6-12-10-5-4-8-7-13-14-11(8)9(10)3-1/h1-7,13-14H. The fourth-order valence-corrected chi connectivity index (χ4v) is 1.68. The molecule has 68 valence electrons. The second-order valence-corrected chi connectivity index (χ2v) is 3.21. The smallest absolute Gasteiger partial charge is 0.0723 e. The molecule has 0 aromatic heterocycles. The largest absolute Gasteiger partial charge is 0.307 e. The third-order valence-corrected chi connectivity index (χ3v) is 2.35. The summed E-state index contributed by atoms with van der Waals surface area (Å²) in [7, 11) is 0. The Hall–Kier alpha value is -2.03. The SMILES string of the molecule is C1=CN=c2ccc3c(c2C=C1)NNC=3. The number of allylic oxidation sites excluding steroid dienone is 2. The Bertz CT molecular complexity index is 553. The van der Waals surface area contributed by atoms with E-state index in [1.54, 1.807) is 6.20 Å². The molecule has 0 amide bonds. The monoisotopic (exact) mass is 183 g/mol. The minimum absolute atomic E-state index is 0.998. The molecule has 1 aromatic carbocycles. The molecule has 3 heteroatoms. The third-order valence-electron chi connectivity index (χ3n) is 2.35. The van der Waals surface area contributed by atoms with E-state index in [0.717, 1.165) is 16.6 Å². The van der Waals surface area contributed by atoms with Crippen LogP contribution in [-0.2, 0) is 0 Å². The lowest BCUT2D eigenvalue weighted by molar-refractivity contribution is 1.16. The first-order valence-corrected chi connectivity index (χ1v) is 4.51. The van der Waals surface area contributed by atoms with Crippen LogP contribution < -0.4 is 21.4 Å². The molecule has 0 atom stereocenters. The van der Waals surface area contributed by atoms with Crippen LogP contribution in [0.4, 0.5) is 5.69 Å². The molecule has 2 aliphatic heterocycles. The molecule has 0 saturated carbocycles. The van der Waals surface area contributed by atoms with E-state index in [4.69, 9.17) is 0 Å². The summed E-state index contributed by atoms with van der Waals surface area (Å²) in [5.74, 6) is 0. The highest BCUT2D eigenvalue weighted by Gasteiger charge is 2.07. The Morgan fingerprint density at radius 3 is 3.14 bits per heavy atom. The number of hydrazine groups is 1. The zero-order chi connectivity index (χ0) is 9.38. The maximum Gasteiger partial charge on any atom is 0.0723 e. The normalized spacial score (nSPS) is 15.4. The van der Waals surface area contributed by atoms with Crippen molar-refractivity contribution in [3.05, 3.63) is 46.6 Å². The van der Waals surface area contributed by atoms with E-state index in [9.17, 15) is 0 Å². The summed E-state index contributed by atoms with van der Waals surface area (Å²) < 4.78 is 0. The van der Waals surface area contributed by atoms with Crippen molar-refractivity contribution in [2.24, 2.45) is 4.99 Å². The quantitative estimate of drug-likeness (QED) is 0.615. The first kappa shape index (κ1) is 7.38. The number of fused-ring (bicyclic) bond motifs is 3. The van der Waals surface area contributed by atoms with Crippen LogP contribution in [0.2, 0.25) is 0 Å². The van der Waals surface area contributed by atoms with Crippen molar-refractivity contribution in [2.45, 2.75) is 0 Å². The van der Waals surface area contributed by atoms with Crippen LogP contribution in [-0.4, -0.2) is 0 Å². The van der Waals surface area contributed by atoms with Gasteiger partial charge in [-0.05, 0) is 18.2 Å². The van der Waals surface area contributed by atoms with E-state index in [2.05, 4.69) is 28.0 Å². The van der Waals surface area contributed by atoms with Gasteiger partial charge >= 0.3 is 0 Å². The van der Waals surface area contributed by atoms with Gasteiger partial charge in [0.25, 0.3) is 0 Å². The fourth-order valence-electron chi connectivity index (χ4n) is 1.68. The molecule has 0 unspecified atom stereocenters. The molecule has 3 rings (SSSR count). The zero-order valence-corrected chi connectivity index (χ0v) is 7.49. The minimum atomic E-state index is 0.998. The molecule has 0 saturated heterocycles. The van der Waals surface area contributed by atoms with Crippen molar-refractivity contribution >= 4 is 18.0 Å². The van der Waals surface area contributed by atoms with Gasteiger partial charge in [-0.1, -0.05) is 12.2 Å². The molecule has 0 aliphatic carbocycles.